The molecule has 0 bridgehead atoms. The summed E-state index contributed by atoms with van der Waals surface area (Å²) < 4.78 is 0. The predicted molar refractivity (Wildman–Crippen MR) is 104 cm³/mol. The third-order valence-corrected chi connectivity index (χ3v) is 3.92. The van der Waals surface area contributed by atoms with Gasteiger partial charge in [-0.15, -0.1) is 0 Å². The average molecular weight is 393 g/mol. The van der Waals surface area contributed by atoms with Crippen molar-refractivity contribution in [3.05, 3.63) is 64.1 Å². The van der Waals surface area contributed by atoms with Gasteiger partial charge in [0.25, 0.3) is 0 Å². The summed E-state index contributed by atoms with van der Waals surface area (Å²) in [5, 5.41) is 17.0. The van der Waals surface area contributed by atoms with E-state index in [0.717, 1.165) is 5.56 Å². The molecular weight excluding hydrogens is 375 g/mol. The molecule has 136 valence electrons. The Morgan fingerprint density at radius 2 is 1.54 bits per heavy atom. The maximum absolute atomic E-state index is 12.3. The topological polar surface area (TPSA) is 94.1 Å². The number of benzene rings is 2. The zero-order chi connectivity index (χ0) is 19.1. The molecule has 0 aliphatic carbocycles. The van der Waals surface area contributed by atoms with Crippen LogP contribution >= 0.6 is 23.2 Å². The van der Waals surface area contributed by atoms with Crippen LogP contribution in [0.25, 0.3) is 0 Å². The van der Waals surface area contributed by atoms with E-state index in [1.165, 1.54) is 6.92 Å². The molecule has 0 aliphatic heterocycles. The van der Waals surface area contributed by atoms with Gasteiger partial charge >= 0.3 is 6.03 Å². The summed E-state index contributed by atoms with van der Waals surface area (Å²) in [6.07, 6.45) is 0.324. The van der Waals surface area contributed by atoms with E-state index < -0.39 is 12.1 Å². The van der Waals surface area contributed by atoms with Gasteiger partial charge in [-0.25, -0.2) is 4.79 Å². The number of halogens is 2. The first-order chi connectivity index (χ1) is 12.3. The number of nitrogens with one attached hydrogen (secondary N) is 4. The van der Waals surface area contributed by atoms with Crippen molar-refractivity contribution in [2.75, 3.05) is 5.32 Å². The standard InChI is InChI=1S/C18H18Cl2N4O2/c1-11(25)22-17(21)16(10-12-2-4-13(19)5-3-12)24-18(26)23-15-8-6-14(20)7-9-15/h2-9,16H,10H2,1H3,(H2,21,22,25)(H2,23,24,26). The summed E-state index contributed by atoms with van der Waals surface area (Å²) in [5.74, 6) is -0.477. The number of carbonyl (C=O) groups excluding carboxylic acids is 2. The molecule has 0 aliphatic rings. The summed E-state index contributed by atoms with van der Waals surface area (Å²) in [7, 11) is 0. The molecule has 0 fully saturated rings. The number of carbonyl (C=O) groups is 2. The highest BCUT2D eigenvalue weighted by atomic mass is 35.5. The zero-order valence-electron chi connectivity index (χ0n) is 14.0. The van der Waals surface area contributed by atoms with Crippen molar-refractivity contribution in [3.63, 3.8) is 0 Å². The van der Waals surface area contributed by atoms with Crippen molar-refractivity contribution < 1.29 is 9.59 Å². The number of hydrogen-bond donors (Lipinski definition) is 4. The second-order valence-electron chi connectivity index (χ2n) is 5.58. The summed E-state index contributed by atoms with van der Waals surface area (Å²) in [6, 6.07) is 12.5. The fourth-order valence-electron chi connectivity index (χ4n) is 2.22. The summed E-state index contributed by atoms with van der Waals surface area (Å²) in [4.78, 5) is 23.5. The maximum atomic E-state index is 12.3. The van der Waals surface area contributed by atoms with Gasteiger partial charge in [0, 0.05) is 22.7 Å². The van der Waals surface area contributed by atoms with Crippen molar-refractivity contribution in [2.45, 2.75) is 19.4 Å². The summed E-state index contributed by atoms with van der Waals surface area (Å²) in [6.45, 7) is 1.31. The van der Waals surface area contributed by atoms with E-state index in [-0.39, 0.29) is 11.7 Å². The van der Waals surface area contributed by atoms with E-state index in [2.05, 4.69) is 16.0 Å². The molecule has 8 heteroatoms. The number of amides is 3. The van der Waals surface area contributed by atoms with Crippen LogP contribution in [0.5, 0.6) is 0 Å². The molecule has 0 spiro atoms. The minimum Gasteiger partial charge on any atom is -0.328 e. The fraction of sp³-hybridized carbons (Fsp3) is 0.167. The van der Waals surface area contributed by atoms with E-state index >= 15 is 0 Å². The number of amidine groups is 1. The molecule has 26 heavy (non-hydrogen) atoms. The highest BCUT2D eigenvalue weighted by molar-refractivity contribution is 6.30. The van der Waals surface area contributed by atoms with E-state index in [1.54, 1.807) is 48.5 Å². The largest absolute Gasteiger partial charge is 0.328 e. The zero-order valence-corrected chi connectivity index (χ0v) is 15.5. The highest BCUT2D eigenvalue weighted by Crippen LogP contribution is 2.14. The quantitative estimate of drug-likeness (QED) is 0.459. The predicted octanol–water partition coefficient (Wildman–Crippen LogP) is 3.84. The van der Waals surface area contributed by atoms with E-state index in [9.17, 15) is 9.59 Å². The molecule has 1 unspecified atom stereocenters. The third-order valence-electron chi connectivity index (χ3n) is 3.42. The molecule has 0 saturated heterocycles. The molecule has 3 amide bonds. The maximum Gasteiger partial charge on any atom is 0.319 e. The Hall–Kier alpha value is -2.57. The van der Waals surface area contributed by atoms with E-state index in [0.29, 0.717) is 22.2 Å². The lowest BCUT2D eigenvalue weighted by atomic mass is 10.1. The van der Waals surface area contributed by atoms with Gasteiger partial charge in [0.1, 0.15) is 5.84 Å². The number of rotatable bonds is 5. The van der Waals surface area contributed by atoms with Crippen LogP contribution in [0.15, 0.2) is 48.5 Å². The molecule has 1 atom stereocenters. The molecular formula is C18H18Cl2N4O2. The lowest BCUT2D eigenvalue weighted by Crippen LogP contribution is -2.50. The first-order valence-electron chi connectivity index (χ1n) is 7.77. The fourth-order valence-corrected chi connectivity index (χ4v) is 2.47. The van der Waals surface area contributed by atoms with Crippen LogP contribution in [0.2, 0.25) is 10.0 Å². The smallest absolute Gasteiger partial charge is 0.319 e. The van der Waals surface area contributed by atoms with Gasteiger partial charge in [0.05, 0.1) is 6.04 Å². The van der Waals surface area contributed by atoms with Crippen LogP contribution < -0.4 is 16.0 Å². The van der Waals surface area contributed by atoms with Gasteiger partial charge in [-0.3, -0.25) is 10.2 Å². The second-order valence-corrected chi connectivity index (χ2v) is 6.46. The molecule has 2 rings (SSSR count). The van der Waals surface area contributed by atoms with Crippen molar-refractivity contribution in [2.24, 2.45) is 0 Å². The monoisotopic (exact) mass is 392 g/mol. The minimum atomic E-state index is -0.715. The van der Waals surface area contributed by atoms with Gasteiger partial charge in [-0.2, -0.15) is 0 Å². The Morgan fingerprint density at radius 1 is 1.00 bits per heavy atom. The molecule has 2 aromatic carbocycles. The first-order valence-corrected chi connectivity index (χ1v) is 8.52. The normalized spacial score (nSPS) is 11.3. The Bertz CT molecular complexity index is 792. The van der Waals surface area contributed by atoms with E-state index in [1.807, 2.05) is 0 Å². The van der Waals surface area contributed by atoms with Crippen molar-refractivity contribution in [1.82, 2.24) is 10.6 Å². The Balaban J connectivity index is 2.07. The lowest BCUT2D eigenvalue weighted by Gasteiger charge is -2.20. The molecule has 4 N–H and O–H groups in total. The Kier molecular flexibility index (Phi) is 7.00. The molecule has 0 saturated carbocycles. The van der Waals surface area contributed by atoms with Gasteiger partial charge in [-0.1, -0.05) is 35.3 Å². The molecule has 6 nitrogen and oxygen atoms in total. The van der Waals surface area contributed by atoms with Gasteiger partial charge in [0.2, 0.25) is 5.91 Å². The number of urea groups is 1. The van der Waals surface area contributed by atoms with Gasteiger partial charge in [0.15, 0.2) is 0 Å². The molecule has 0 radical (unpaired) electrons. The Labute approximate surface area is 161 Å². The molecule has 0 heterocycles. The summed E-state index contributed by atoms with van der Waals surface area (Å²) in [5.41, 5.74) is 1.42. The highest BCUT2D eigenvalue weighted by Gasteiger charge is 2.19. The second kappa shape index (κ2) is 9.22. The van der Waals surface area contributed by atoms with Crippen LogP contribution in [0.1, 0.15) is 12.5 Å². The lowest BCUT2D eigenvalue weighted by molar-refractivity contribution is -0.117. The molecule has 0 aromatic heterocycles. The molecule has 2 aromatic rings. The van der Waals surface area contributed by atoms with Crippen LogP contribution in [0.3, 0.4) is 0 Å². The average Bonchev–Trinajstić information content (AvgIpc) is 2.57. The van der Waals surface area contributed by atoms with Crippen molar-refractivity contribution in [1.29, 1.82) is 5.41 Å². The third kappa shape index (κ3) is 6.38. The van der Waals surface area contributed by atoms with E-state index in [4.69, 9.17) is 28.6 Å². The number of anilines is 1. The van der Waals surface area contributed by atoms with Gasteiger partial charge < -0.3 is 16.0 Å². The van der Waals surface area contributed by atoms with Crippen LogP contribution in [0, 0.1) is 5.41 Å². The van der Waals surface area contributed by atoms with Crippen LogP contribution in [-0.4, -0.2) is 23.8 Å². The van der Waals surface area contributed by atoms with Gasteiger partial charge in [-0.05, 0) is 48.4 Å². The Morgan fingerprint density at radius 3 is 2.08 bits per heavy atom. The summed E-state index contributed by atoms with van der Waals surface area (Å²) >= 11 is 11.7. The van der Waals surface area contributed by atoms with Crippen LogP contribution in [-0.2, 0) is 11.2 Å². The minimum absolute atomic E-state index is 0.0984. The van der Waals surface area contributed by atoms with Crippen molar-refractivity contribution >= 4 is 46.7 Å². The SMILES string of the molecule is CC(=O)NC(=N)C(Cc1ccc(Cl)cc1)NC(=O)Nc1ccc(Cl)cc1. The van der Waals surface area contributed by atoms with Crippen molar-refractivity contribution in [3.8, 4) is 0 Å². The van der Waals surface area contributed by atoms with Crippen LogP contribution in [0.4, 0.5) is 10.5 Å². The number of hydrogen-bond acceptors (Lipinski definition) is 3. The first kappa shape index (κ1) is 19.8.